The maximum atomic E-state index is 13.8. The summed E-state index contributed by atoms with van der Waals surface area (Å²) in [6.07, 6.45) is 0.811. The zero-order chi connectivity index (χ0) is 18.8. The molecule has 2 aromatic rings. The Hall–Kier alpha value is -2.76. The van der Waals surface area contributed by atoms with Gasteiger partial charge in [-0.05, 0) is 42.7 Å². The minimum Gasteiger partial charge on any atom is -0.496 e. The van der Waals surface area contributed by atoms with Crippen molar-refractivity contribution in [2.45, 2.75) is 19.9 Å². The second kappa shape index (κ2) is 10.3. The molecule has 0 saturated heterocycles. The highest BCUT2D eigenvalue weighted by Crippen LogP contribution is 2.18. The van der Waals surface area contributed by atoms with E-state index in [4.69, 9.17) is 9.47 Å². The van der Waals surface area contributed by atoms with Gasteiger partial charge < -0.3 is 20.1 Å². The number of methoxy groups -OCH3 is 2. The van der Waals surface area contributed by atoms with E-state index in [1.807, 2.05) is 37.3 Å². The van der Waals surface area contributed by atoms with Crippen LogP contribution in [0.2, 0.25) is 0 Å². The molecule has 0 amide bonds. The normalized spacial score (nSPS) is 11.2. The van der Waals surface area contributed by atoms with Crippen molar-refractivity contribution >= 4 is 5.96 Å². The molecule has 0 heterocycles. The van der Waals surface area contributed by atoms with Crippen LogP contribution in [0.5, 0.6) is 11.5 Å². The third-order valence-electron chi connectivity index (χ3n) is 3.86. The zero-order valence-electron chi connectivity index (χ0n) is 15.5. The molecule has 6 heteroatoms. The molecule has 0 fully saturated rings. The first-order chi connectivity index (χ1) is 12.7. The van der Waals surface area contributed by atoms with E-state index in [1.54, 1.807) is 13.2 Å². The summed E-state index contributed by atoms with van der Waals surface area (Å²) in [5, 5.41) is 6.49. The van der Waals surface area contributed by atoms with E-state index >= 15 is 0 Å². The fourth-order valence-corrected chi connectivity index (χ4v) is 2.55. The predicted octanol–water partition coefficient (Wildman–Crippen LogP) is 3.14. The third kappa shape index (κ3) is 5.65. The number of nitrogens with zero attached hydrogens (tertiary/aromatic N) is 1. The zero-order valence-corrected chi connectivity index (χ0v) is 15.5. The first-order valence-electron chi connectivity index (χ1n) is 8.64. The molecule has 2 rings (SSSR count). The number of hydrogen-bond donors (Lipinski definition) is 2. The molecule has 0 aliphatic rings. The first kappa shape index (κ1) is 19.6. The monoisotopic (exact) mass is 359 g/mol. The standard InChI is InChI=1S/C20H26FN3O2/c1-4-22-20(23-12-11-16-7-5-6-8-18(16)25-2)24-14-15-9-10-19(26-3)17(21)13-15/h5-10,13H,4,11-12,14H2,1-3H3,(H2,22,23,24). The van der Waals surface area contributed by atoms with Crippen LogP contribution in [0.1, 0.15) is 18.1 Å². The van der Waals surface area contributed by atoms with E-state index in [1.165, 1.54) is 13.2 Å². The molecule has 0 saturated carbocycles. The lowest BCUT2D eigenvalue weighted by molar-refractivity contribution is 0.386. The van der Waals surface area contributed by atoms with Crippen molar-refractivity contribution in [3.05, 3.63) is 59.4 Å². The Morgan fingerprint density at radius 2 is 1.81 bits per heavy atom. The molecule has 140 valence electrons. The van der Waals surface area contributed by atoms with Gasteiger partial charge in [-0.25, -0.2) is 9.38 Å². The Kier molecular flexibility index (Phi) is 7.74. The first-order valence-corrected chi connectivity index (χ1v) is 8.64. The van der Waals surface area contributed by atoms with Gasteiger partial charge in [0.15, 0.2) is 17.5 Å². The maximum Gasteiger partial charge on any atom is 0.191 e. The number of nitrogens with one attached hydrogen (secondary N) is 2. The van der Waals surface area contributed by atoms with Crippen molar-refractivity contribution in [2.75, 3.05) is 27.3 Å². The lowest BCUT2D eigenvalue weighted by Crippen LogP contribution is -2.38. The quantitative estimate of drug-likeness (QED) is 0.562. The predicted molar refractivity (Wildman–Crippen MR) is 102 cm³/mol. The number of halogens is 1. The SMILES string of the molecule is CCNC(=NCc1ccc(OC)c(F)c1)NCCc1ccccc1OC. The lowest BCUT2D eigenvalue weighted by Gasteiger charge is -2.13. The summed E-state index contributed by atoms with van der Waals surface area (Å²) in [4.78, 5) is 4.51. The van der Waals surface area contributed by atoms with Gasteiger partial charge in [-0.1, -0.05) is 24.3 Å². The van der Waals surface area contributed by atoms with Crippen molar-refractivity contribution in [1.29, 1.82) is 0 Å². The summed E-state index contributed by atoms with van der Waals surface area (Å²) < 4.78 is 24.1. The highest BCUT2D eigenvalue weighted by Gasteiger charge is 2.05. The van der Waals surface area contributed by atoms with Crippen LogP contribution in [0.3, 0.4) is 0 Å². The van der Waals surface area contributed by atoms with Gasteiger partial charge in [0.1, 0.15) is 5.75 Å². The number of hydrogen-bond acceptors (Lipinski definition) is 3. The molecule has 0 aliphatic heterocycles. The molecule has 0 spiro atoms. The van der Waals surface area contributed by atoms with Crippen LogP contribution < -0.4 is 20.1 Å². The fourth-order valence-electron chi connectivity index (χ4n) is 2.55. The van der Waals surface area contributed by atoms with E-state index in [-0.39, 0.29) is 11.6 Å². The topological polar surface area (TPSA) is 54.9 Å². The molecule has 2 N–H and O–H groups in total. The van der Waals surface area contributed by atoms with E-state index in [0.717, 1.165) is 29.8 Å². The van der Waals surface area contributed by atoms with Gasteiger partial charge in [-0.3, -0.25) is 0 Å². The maximum absolute atomic E-state index is 13.8. The molecule has 0 bridgehead atoms. The van der Waals surface area contributed by atoms with Gasteiger partial charge in [0, 0.05) is 13.1 Å². The summed E-state index contributed by atoms with van der Waals surface area (Å²) >= 11 is 0. The van der Waals surface area contributed by atoms with Crippen LogP contribution in [0.15, 0.2) is 47.5 Å². The molecular formula is C20H26FN3O2. The Balaban J connectivity index is 1.95. The van der Waals surface area contributed by atoms with E-state index in [0.29, 0.717) is 19.0 Å². The minimum absolute atomic E-state index is 0.236. The van der Waals surface area contributed by atoms with Gasteiger partial charge in [-0.15, -0.1) is 0 Å². The molecule has 26 heavy (non-hydrogen) atoms. The second-order valence-corrected chi connectivity index (χ2v) is 5.65. The minimum atomic E-state index is -0.380. The Morgan fingerprint density at radius 1 is 1.04 bits per heavy atom. The Bertz CT molecular complexity index is 735. The van der Waals surface area contributed by atoms with Crippen LogP contribution in [0, 0.1) is 5.82 Å². The Morgan fingerprint density at radius 3 is 2.50 bits per heavy atom. The third-order valence-corrected chi connectivity index (χ3v) is 3.86. The van der Waals surface area contributed by atoms with E-state index < -0.39 is 0 Å². The molecule has 0 radical (unpaired) electrons. The highest BCUT2D eigenvalue weighted by atomic mass is 19.1. The van der Waals surface area contributed by atoms with Gasteiger partial charge in [-0.2, -0.15) is 0 Å². The number of rotatable bonds is 8. The van der Waals surface area contributed by atoms with Crippen LogP contribution in [0.4, 0.5) is 4.39 Å². The van der Waals surface area contributed by atoms with Gasteiger partial charge in [0.25, 0.3) is 0 Å². The molecule has 0 aromatic heterocycles. The van der Waals surface area contributed by atoms with Crippen LogP contribution >= 0.6 is 0 Å². The van der Waals surface area contributed by atoms with Crippen molar-refractivity contribution in [3.63, 3.8) is 0 Å². The Labute approximate surface area is 154 Å². The molecule has 0 unspecified atom stereocenters. The van der Waals surface area contributed by atoms with Crippen LogP contribution in [-0.2, 0) is 13.0 Å². The number of benzene rings is 2. The summed E-state index contributed by atoms with van der Waals surface area (Å²) in [5.74, 6) is 1.43. The van der Waals surface area contributed by atoms with Gasteiger partial charge in [0.05, 0.1) is 20.8 Å². The van der Waals surface area contributed by atoms with Gasteiger partial charge >= 0.3 is 0 Å². The second-order valence-electron chi connectivity index (χ2n) is 5.65. The van der Waals surface area contributed by atoms with Crippen molar-refractivity contribution < 1.29 is 13.9 Å². The molecule has 2 aromatic carbocycles. The molecule has 0 atom stereocenters. The number of para-hydroxylation sites is 1. The van der Waals surface area contributed by atoms with Crippen LogP contribution in [0.25, 0.3) is 0 Å². The van der Waals surface area contributed by atoms with Crippen molar-refractivity contribution in [3.8, 4) is 11.5 Å². The van der Waals surface area contributed by atoms with Crippen molar-refractivity contribution in [2.24, 2.45) is 4.99 Å². The molecular weight excluding hydrogens is 333 g/mol. The summed E-state index contributed by atoms with van der Waals surface area (Å²) in [6, 6.07) is 12.8. The fraction of sp³-hybridized carbons (Fsp3) is 0.350. The lowest BCUT2D eigenvalue weighted by atomic mass is 10.1. The van der Waals surface area contributed by atoms with Crippen LogP contribution in [-0.4, -0.2) is 33.3 Å². The molecule has 5 nitrogen and oxygen atoms in total. The number of guanidine groups is 1. The summed E-state index contributed by atoms with van der Waals surface area (Å²) in [6.45, 7) is 3.84. The average molecular weight is 359 g/mol. The van der Waals surface area contributed by atoms with E-state index in [9.17, 15) is 4.39 Å². The largest absolute Gasteiger partial charge is 0.496 e. The average Bonchev–Trinajstić information content (AvgIpc) is 2.66. The van der Waals surface area contributed by atoms with E-state index in [2.05, 4.69) is 15.6 Å². The highest BCUT2D eigenvalue weighted by molar-refractivity contribution is 5.79. The van der Waals surface area contributed by atoms with Gasteiger partial charge in [0.2, 0.25) is 0 Å². The molecule has 0 aliphatic carbocycles. The smallest absolute Gasteiger partial charge is 0.191 e. The number of aliphatic imine (C=N–C) groups is 1. The van der Waals surface area contributed by atoms with Crippen molar-refractivity contribution in [1.82, 2.24) is 10.6 Å². The summed E-state index contributed by atoms with van der Waals surface area (Å²) in [5.41, 5.74) is 1.92. The summed E-state index contributed by atoms with van der Waals surface area (Å²) in [7, 11) is 3.12. The number of ether oxygens (including phenoxy) is 2.